The first-order chi connectivity index (χ1) is 10.7. The van der Waals surface area contributed by atoms with E-state index >= 15 is 0 Å². The van der Waals surface area contributed by atoms with Gasteiger partial charge in [-0.05, 0) is 0 Å². The van der Waals surface area contributed by atoms with Crippen molar-refractivity contribution < 1.29 is 49.5 Å². The fourth-order valence-corrected chi connectivity index (χ4v) is 8.03. The van der Waals surface area contributed by atoms with E-state index in [2.05, 4.69) is 56.4 Å². The maximum Gasteiger partial charge on any atom is -1.00 e. The Hall–Kier alpha value is 0.163. The van der Waals surface area contributed by atoms with Gasteiger partial charge in [0.1, 0.15) is 0 Å². The third-order valence-electron chi connectivity index (χ3n) is 6.49. The van der Waals surface area contributed by atoms with Crippen molar-refractivity contribution in [2.24, 2.45) is 23.2 Å². The molecule has 2 saturated carbocycles. The van der Waals surface area contributed by atoms with E-state index < -0.39 is 0 Å². The van der Waals surface area contributed by atoms with Gasteiger partial charge in [0.2, 0.25) is 0 Å². The van der Waals surface area contributed by atoms with Gasteiger partial charge < -0.3 is 24.8 Å². The Morgan fingerprint density at radius 1 is 1.08 bits per heavy atom. The van der Waals surface area contributed by atoms with Gasteiger partial charge in [-0.2, -0.15) is 0 Å². The number of allylic oxidation sites excluding steroid dienone is 10. The molecule has 5 unspecified atom stereocenters. The minimum atomic E-state index is 0. The molecule has 0 nitrogen and oxygen atoms in total. The molecular formula is C21H25Cl2Zr. The summed E-state index contributed by atoms with van der Waals surface area (Å²) in [5.41, 5.74) is 5.49. The number of halogens is 2. The summed E-state index contributed by atoms with van der Waals surface area (Å²) in [7, 11) is 0. The Kier molecular flexibility index (Phi) is 6.66. The van der Waals surface area contributed by atoms with Crippen molar-refractivity contribution in [3.63, 3.8) is 0 Å². The largest absolute Gasteiger partial charge is 1.00 e. The first-order valence-corrected chi connectivity index (χ1v) is 10.2. The van der Waals surface area contributed by atoms with Crippen LogP contribution in [0.3, 0.4) is 0 Å². The molecule has 0 aliphatic heterocycles. The topological polar surface area (TPSA) is 0 Å². The molecule has 0 spiro atoms. The molecular weight excluding hydrogens is 414 g/mol. The molecule has 0 saturated heterocycles. The van der Waals surface area contributed by atoms with E-state index in [-0.39, 0.29) is 24.8 Å². The van der Waals surface area contributed by atoms with Crippen LogP contribution in [0.2, 0.25) is 3.63 Å². The zero-order chi connectivity index (χ0) is 15.3. The van der Waals surface area contributed by atoms with Crippen molar-refractivity contribution in [2.75, 3.05) is 0 Å². The summed E-state index contributed by atoms with van der Waals surface area (Å²) in [6.07, 6.45) is 22.1. The molecule has 4 rings (SSSR count). The van der Waals surface area contributed by atoms with Gasteiger partial charge >= 0.3 is 150 Å². The molecule has 3 heteroatoms. The van der Waals surface area contributed by atoms with Crippen LogP contribution in [0, 0.1) is 23.2 Å². The van der Waals surface area contributed by atoms with Gasteiger partial charge in [0.15, 0.2) is 0 Å². The van der Waals surface area contributed by atoms with Gasteiger partial charge in [0, 0.05) is 0 Å². The summed E-state index contributed by atoms with van der Waals surface area (Å²) < 4.78 is 0.812. The quantitative estimate of drug-likeness (QED) is 0.493. The first-order valence-electron chi connectivity index (χ1n) is 8.76. The molecule has 4 aliphatic carbocycles. The molecule has 4 aliphatic rings. The van der Waals surface area contributed by atoms with Crippen molar-refractivity contribution >= 4 is 0 Å². The van der Waals surface area contributed by atoms with Gasteiger partial charge in [0.05, 0.1) is 0 Å². The van der Waals surface area contributed by atoms with Crippen molar-refractivity contribution in [2.45, 2.75) is 43.2 Å². The molecule has 24 heavy (non-hydrogen) atoms. The molecule has 127 valence electrons. The van der Waals surface area contributed by atoms with Crippen LogP contribution in [0.25, 0.3) is 0 Å². The maximum absolute atomic E-state index is 2.53. The zero-order valence-corrected chi connectivity index (χ0v) is 18.4. The summed E-state index contributed by atoms with van der Waals surface area (Å²) in [4.78, 5) is 0. The second-order valence-corrected chi connectivity index (χ2v) is 9.10. The third kappa shape index (κ3) is 2.74. The molecule has 0 aromatic rings. The standard InChI is InChI=1S/C21H25.2ClH.Zr/c1-15(2)19-12-7-13-20-18-11-6-3-8-16(18)14-21(19,20)17-9-4-5-10-17;;;/h3-6,8-9,11,14,16,18,20H,7,10,12-13H2,1-2H3;2*1H;/q;;;+2/p-2. The summed E-state index contributed by atoms with van der Waals surface area (Å²) in [5.74, 6) is 2.36. The molecule has 0 aromatic carbocycles. The monoisotopic (exact) mass is 437 g/mol. The zero-order valence-electron chi connectivity index (χ0n) is 14.4. The Labute approximate surface area is 174 Å². The van der Waals surface area contributed by atoms with Crippen LogP contribution in [0.1, 0.15) is 39.5 Å². The van der Waals surface area contributed by atoms with Crippen LogP contribution < -0.4 is 24.8 Å². The Balaban J connectivity index is 0.00000104. The smallest absolute Gasteiger partial charge is 1.00 e. The van der Waals surface area contributed by atoms with Gasteiger partial charge in [-0.1, -0.05) is 0 Å². The van der Waals surface area contributed by atoms with Crippen molar-refractivity contribution in [3.05, 3.63) is 59.3 Å². The molecule has 0 amide bonds. The average Bonchev–Trinajstić information content (AvgIpc) is 3.14. The second-order valence-electron chi connectivity index (χ2n) is 7.57. The van der Waals surface area contributed by atoms with Crippen molar-refractivity contribution in [1.82, 2.24) is 0 Å². The molecule has 5 atom stereocenters. The predicted molar refractivity (Wildman–Crippen MR) is 89.0 cm³/mol. The number of hydrogen-bond donors (Lipinski definition) is 0. The van der Waals surface area contributed by atoms with E-state index in [1.54, 1.807) is 41.4 Å². The predicted octanol–water partition coefficient (Wildman–Crippen LogP) is -0.289. The first kappa shape index (κ1) is 20.5. The van der Waals surface area contributed by atoms with E-state index in [9.17, 15) is 0 Å². The van der Waals surface area contributed by atoms with E-state index in [4.69, 9.17) is 0 Å². The van der Waals surface area contributed by atoms with Gasteiger partial charge in [0.25, 0.3) is 0 Å². The fourth-order valence-electron chi connectivity index (χ4n) is 5.80. The molecule has 0 radical (unpaired) electrons. The van der Waals surface area contributed by atoms with Crippen molar-refractivity contribution in [3.8, 4) is 0 Å². The Morgan fingerprint density at radius 2 is 1.79 bits per heavy atom. The summed E-state index contributed by atoms with van der Waals surface area (Å²) in [6, 6.07) is 0. The summed E-state index contributed by atoms with van der Waals surface area (Å²) in [5, 5.41) is 0. The third-order valence-corrected chi connectivity index (χ3v) is 8.56. The van der Waals surface area contributed by atoms with Crippen LogP contribution in [-0.4, -0.2) is 0 Å². The normalized spacial score (nSPS) is 38.8. The SMILES string of the molecule is CC(C)=C1CCCC2C3C=CC=CC3[CH]([Zr+2])C12C1=CC=CC1.[Cl-].[Cl-]. The number of rotatable bonds is 1. The fraction of sp³-hybridized carbons (Fsp3) is 0.524. The average molecular weight is 440 g/mol. The Morgan fingerprint density at radius 3 is 2.42 bits per heavy atom. The minimum absolute atomic E-state index is 0. The van der Waals surface area contributed by atoms with Crippen LogP contribution in [-0.2, 0) is 24.7 Å². The van der Waals surface area contributed by atoms with E-state index in [0.29, 0.717) is 5.41 Å². The van der Waals surface area contributed by atoms with Crippen LogP contribution in [0.15, 0.2) is 59.3 Å². The molecule has 2 fully saturated rings. The summed E-state index contributed by atoms with van der Waals surface area (Å²) >= 11 is 1.73. The van der Waals surface area contributed by atoms with Gasteiger partial charge in [-0.3, -0.25) is 0 Å². The van der Waals surface area contributed by atoms with Crippen molar-refractivity contribution in [1.29, 1.82) is 0 Å². The number of hydrogen-bond acceptors (Lipinski definition) is 0. The molecule has 0 heterocycles. The van der Waals surface area contributed by atoms with Gasteiger partial charge in [-0.25, -0.2) is 0 Å². The molecule has 0 bridgehead atoms. The van der Waals surface area contributed by atoms with E-state index in [1.807, 2.05) is 0 Å². The van der Waals surface area contributed by atoms with Gasteiger partial charge in [-0.15, -0.1) is 0 Å². The van der Waals surface area contributed by atoms with Crippen LogP contribution >= 0.6 is 0 Å². The second kappa shape index (κ2) is 7.81. The molecule has 0 N–H and O–H groups in total. The van der Waals surface area contributed by atoms with E-state index in [1.165, 1.54) is 25.7 Å². The maximum atomic E-state index is 2.53. The molecule has 0 aromatic heterocycles. The van der Waals surface area contributed by atoms with E-state index in [0.717, 1.165) is 21.4 Å². The number of fused-ring (bicyclic) bond motifs is 3. The summed E-state index contributed by atoms with van der Waals surface area (Å²) in [6.45, 7) is 4.72. The minimum Gasteiger partial charge on any atom is -1.00 e. The Bertz CT molecular complexity index is 636. The van der Waals surface area contributed by atoms with Crippen LogP contribution in [0.4, 0.5) is 0 Å². The van der Waals surface area contributed by atoms with Crippen LogP contribution in [0.5, 0.6) is 0 Å².